The average Bonchev–Trinajstić information content (AvgIpc) is 2.02. The average molecular weight is 102 g/mol. The Hall–Kier alpha value is -0.990. The van der Waals surface area contributed by atoms with Gasteiger partial charge in [-0.25, -0.2) is 4.79 Å². The maximum absolute atomic E-state index is 8.56. The molecule has 0 aromatic rings. The molecule has 0 saturated carbocycles. The molecule has 1 aliphatic carbocycles. The van der Waals surface area contributed by atoms with E-state index in [0.29, 0.717) is 0 Å². The molecule has 7 heavy (non-hydrogen) atoms. The third-order valence-electron chi connectivity index (χ3n) is 0.236. The fraction of sp³-hybridized carbons (Fsp3) is 0.250. The smallest absolute Gasteiger partial charge is 0.450 e. The van der Waals surface area contributed by atoms with Crippen molar-refractivity contribution in [3.8, 4) is 0 Å². The van der Waals surface area contributed by atoms with Crippen molar-refractivity contribution in [1.82, 2.24) is 0 Å². The van der Waals surface area contributed by atoms with Crippen molar-refractivity contribution in [1.29, 1.82) is 0 Å². The molecule has 0 saturated heterocycles. The van der Waals surface area contributed by atoms with E-state index in [1.807, 2.05) is 0 Å². The highest BCUT2D eigenvalue weighted by Crippen LogP contribution is 1.96. The van der Waals surface area contributed by atoms with E-state index in [-0.39, 0.29) is 0 Å². The molecule has 2 N–H and O–H groups in total. The Bertz CT molecular complexity index is 76.9. The summed E-state index contributed by atoms with van der Waals surface area (Å²) in [4.78, 5) is 8.56. The first-order valence-corrected chi connectivity index (χ1v) is 1.80. The van der Waals surface area contributed by atoms with E-state index < -0.39 is 6.16 Å². The van der Waals surface area contributed by atoms with Gasteiger partial charge in [0.05, 0.1) is 0 Å². The standard InChI is InChI=1S/C3H4.CH2O3/c1-2-3-1;2-1(3)4/h1-2H,3H2;(H2,2,3,4). The van der Waals surface area contributed by atoms with Crippen LogP contribution in [0.1, 0.15) is 6.42 Å². The van der Waals surface area contributed by atoms with Crippen LogP contribution in [0, 0.1) is 0 Å². The number of hydrogen-bond donors (Lipinski definition) is 2. The first-order chi connectivity index (χ1) is 3.23. The lowest BCUT2D eigenvalue weighted by Gasteiger charge is -1.60. The Morgan fingerprint density at radius 2 is 1.57 bits per heavy atom. The number of carbonyl (C=O) groups is 1. The number of rotatable bonds is 0. The summed E-state index contributed by atoms with van der Waals surface area (Å²) in [6.07, 6.45) is 3.67. The van der Waals surface area contributed by atoms with Crippen molar-refractivity contribution in [2.24, 2.45) is 0 Å². The summed E-state index contributed by atoms with van der Waals surface area (Å²) < 4.78 is 0. The normalized spacial score (nSPS) is 11.4. The van der Waals surface area contributed by atoms with Crippen LogP contribution in [-0.2, 0) is 0 Å². The SMILES string of the molecule is C1=CC1.O=C(O)O. The van der Waals surface area contributed by atoms with Crippen molar-refractivity contribution in [3.63, 3.8) is 0 Å². The first-order valence-electron chi connectivity index (χ1n) is 1.80. The molecule has 0 amide bonds. The van der Waals surface area contributed by atoms with Crippen LogP contribution in [0.2, 0.25) is 0 Å². The number of carboxylic acid groups (broad SMARTS) is 2. The Labute approximate surface area is 40.9 Å². The van der Waals surface area contributed by atoms with Gasteiger partial charge in [-0.05, 0) is 6.42 Å². The van der Waals surface area contributed by atoms with E-state index in [1.54, 1.807) is 0 Å². The Balaban J connectivity index is 0.000000105. The van der Waals surface area contributed by atoms with Gasteiger partial charge in [0, 0.05) is 0 Å². The molecule has 3 nitrogen and oxygen atoms in total. The van der Waals surface area contributed by atoms with Crippen molar-refractivity contribution < 1.29 is 15.0 Å². The summed E-state index contributed by atoms with van der Waals surface area (Å²) in [5, 5.41) is 13.9. The topological polar surface area (TPSA) is 57.5 Å². The Morgan fingerprint density at radius 1 is 1.43 bits per heavy atom. The monoisotopic (exact) mass is 102 g/mol. The first kappa shape index (κ1) is 6.01. The van der Waals surface area contributed by atoms with E-state index >= 15 is 0 Å². The number of hydrogen-bond acceptors (Lipinski definition) is 1. The summed E-state index contributed by atoms with van der Waals surface area (Å²) in [5.41, 5.74) is 0. The molecular formula is C4H6O3. The van der Waals surface area contributed by atoms with E-state index in [1.165, 1.54) is 6.42 Å². The van der Waals surface area contributed by atoms with Crippen molar-refractivity contribution in [2.45, 2.75) is 6.42 Å². The molecule has 0 heterocycles. The lowest BCUT2D eigenvalue weighted by molar-refractivity contribution is 0.137. The van der Waals surface area contributed by atoms with Crippen LogP contribution < -0.4 is 0 Å². The fourth-order valence-electron chi connectivity index (χ4n) is 0. The van der Waals surface area contributed by atoms with E-state index in [2.05, 4.69) is 12.2 Å². The molecule has 1 rings (SSSR count). The predicted molar refractivity (Wildman–Crippen MR) is 24.4 cm³/mol. The van der Waals surface area contributed by atoms with E-state index in [0.717, 1.165) is 0 Å². The quantitative estimate of drug-likeness (QED) is 0.451. The highest BCUT2D eigenvalue weighted by Gasteiger charge is 1.75. The van der Waals surface area contributed by atoms with Gasteiger partial charge >= 0.3 is 6.16 Å². The van der Waals surface area contributed by atoms with Gasteiger partial charge in [-0.15, -0.1) is 0 Å². The maximum Gasteiger partial charge on any atom is 0.503 e. The van der Waals surface area contributed by atoms with Gasteiger partial charge in [-0.3, -0.25) is 0 Å². The number of allylic oxidation sites excluding steroid dienone is 2. The molecule has 0 aromatic heterocycles. The molecule has 0 spiro atoms. The molecule has 1 aliphatic rings. The van der Waals surface area contributed by atoms with Crippen molar-refractivity contribution in [3.05, 3.63) is 12.2 Å². The minimum absolute atomic E-state index is 1.25. The third-order valence-corrected chi connectivity index (χ3v) is 0.236. The van der Waals surface area contributed by atoms with Crippen LogP contribution in [0.15, 0.2) is 12.2 Å². The predicted octanol–water partition coefficient (Wildman–Crippen LogP) is 1.17. The minimum atomic E-state index is -1.83. The largest absolute Gasteiger partial charge is 0.503 e. The summed E-state index contributed by atoms with van der Waals surface area (Å²) in [6.45, 7) is 0. The molecule has 0 unspecified atom stereocenters. The molecule has 0 fully saturated rings. The maximum atomic E-state index is 8.56. The van der Waals surface area contributed by atoms with Gasteiger partial charge < -0.3 is 10.2 Å². The van der Waals surface area contributed by atoms with Gasteiger partial charge in [0.15, 0.2) is 0 Å². The van der Waals surface area contributed by atoms with E-state index in [9.17, 15) is 0 Å². The van der Waals surface area contributed by atoms with Gasteiger partial charge in [0.25, 0.3) is 0 Å². The fourth-order valence-corrected chi connectivity index (χ4v) is 0. The van der Waals surface area contributed by atoms with Crippen molar-refractivity contribution in [2.75, 3.05) is 0 Å². The second kappa shape index (κ2) is 3.21. The zero-order valence-corrected chi connectivity index (χ0v) is 3.66. The summed E-state index contributed by atoms with van der Waals surface area (Å²) in [7, 11) is 0. The summed E-state index contributed by atoms with van der Waals surface area (Å²) in [5.74, 6) is 0. The molecule has 0 aliphatic heterocycles. The lowest BCUT2D eigenvalue weighted by atomic mass is 10.9. The molecule has 0 radical (unpaired) electrons. The van der Waals surface area contributed by atoms with Crippen LogP contribution in [0.5, 0.6) is 0 Å². The molecule has 0 aromatic carbocycles. The van der Waals surface area contributed by atoms with Crippen LogP contribution in [-0.4, -0.2) is 16.4 Å². The molecule has 3 heteroatoms. The zero-order valence-electron chi connectivity index (χ0n) is 3.66. The Kier molecular flexibility index (Phi) is 2.76. The summed E-state index contributed by atoms with van der Waals surface area (Å²) >= 11 is 0. The second-order valence-electron chi connectivity index (χ2n) is 0.990. The summed E-state index contributed by atoms with van der Waals surface area (Å²) in [6, 6.07) is 0. The molecule has 0 bridgehead atoms. The Morgan fingerprint density at radius 3 is 1.57 bits per heavy atom. The van der Waals surface area contributed by atoms with Gasteiger partial charge in [-0.2, -0.15) is 0 Å². The van der Waals surface area contributed by atoms with Crippen LogP contribution in [0.4, 0.5) is 4.79 Å². The molecule has 40 valence electrons. The van der Waals surface area contributed by atoms with Gasteiger partial charge in [-0.1, -0.05) is 12.2 Å². The van der Waals surface area contributed by atoms with Gasteiger partial charge in [0.2, 0.25) is 0 Å². The molecule has 0 atom stereocenters. The second-order valence-corrected chi connectivity index (χ2v) is 0.990. The van der Waals surface area contributed by atoms with Crippen LogP contribution in [0.3, 0.4) is 0 Å². The molecular weight excluding hydrogens is 96.0 g/mol. The van der Waals surface area contributed by atoms with Crippen molar-refractivity contribution >= 4 is 6.16 Å². The van der Waals surface area contributed by atoms with Crippen LogP contribution in [0.25, 0.3) is 0 Å². The highest BCUT2D eigenvalue weighted by atomic mass is 16.6. The van der Waals surface area contributed by atoms with E-state index in [4.69, 9.17) is 15.0 Å². The third kappa shape index (κ3) is 454000. The minimum Gasteiger partial charge on any atom is -0.450 e. The highest BCUT2D eigenvalue weighted by molar-refractivity contribution is 5.53. The lowest BCUT2D eigenvalue weighted by Crippen LogP contribution is -1.81. The zero-order chi connectivity index (χ0) is 5.70. The van der Waals surface area contributed by atoms with Crippen LogP contribution >= 0.6 is 0 Å². The van der Waals surface area contributed by atoms with Gasteiger partial charge in [0.1, 0.15) is 0 Å².